The molecule has 0 amide bonds. The van der Waals surface area contributed by atoms with Gasteiger partial charge in [0.15, 0.2) is 0 Å². The Morgan fingerprint density at radius 2 is 1.94 bits per heavy atom. The lowest BCUT2D eigenvalue weighted by Gasteiger charge is -2.07. The van der Waals surface area contributed by atoms with Crippen LogP contribution in [0.25, 0.3) is 11.1 Å². The van der Waals surface area contributed by atoms with Gasteiger partial charge in [0.25, 0.3) is 0 Å². The van der Waals surface area contributed by atoms with Crippen LogP contribution in [0.5, 0.6) is 0 Å². The molecule has 0 aliphatic rings. The van der Waals surface area contributed by atoms with Crippen LogP contribution in [0.3, 0.4) is 0 Å². The van der Waals surface area contributed by atoms with Crippen LogP contribution in [0.4, 0.5) is 14.6 Å². The molecule has 0 atom stereocenters. The Bertz CT molecular complexity index is 588. The highest BCUT2D eigenvalue weighted by Crippen LogP contribution is 2.35. The van der Waals surface area contributed by atoms with Crippen LogP contribution in [0.2, 0.25) is 0 Å². The van der Waals surface area contributed by atoms with Gasteiger partial charge in [0, 0.05) is 18.7 Å². The third kappa shape index (κ3) is 1.96. The van der Waals surface area contributed by atoms with Gasteiger partial charge in [-0.2, -0.15) is 5.10 Å². The van der Waals surface area contributed by atoms with Crippen LogP contribution in [0.15, 0.2) is 18.2 Å². The molecule has 0 fully saturated rings. The van der Waals surface area contributed by atoms with Gasteiger partial charge in [-0.1, -0.05) is 13.8 Å². The first-order valence-corrected chi connectivity index (χ1v) is 5.69. The van der Waals surface area contributed by atoms with Gasteiger partial charge in [-0.05, 0) is 18.1 Å². The summed E-state index contributed by atoms with van der Waals surface area (Å²) in [4.78, 5) is 0. The number of hydrogen-bond donors (Lipinski definition) is 1. The van der Waals surface area contributed by atoms with Crippen LogP contribution < -0.4 is 5.73 Å². The second kappa shape index (κ2) is 4.40. The molecule has 1 aromatic heterocycles. The Morgan fingerprint density at radius 1 is 1.28 bits per heavy atom. The number of rotatable bonds is 2. The maximum atomic E-state index is 13.8. The largest absolute Gasteiger partial charge is 0.383 e. The van der Waals surface area contributed by atoms with Crippen molar-refractivity contribution in [3.63, 3.8) is 0 Å². The molecule has 0 radical (unpaired) electrons. The predicted molar refractivity (Wildman–Crippen MR) is 67.1 cm³/mol. The second-order valence-electron chi connectivity index (χ2n) is 4.55. The van der Waals surface area contributed by atoms with Crippen LogP contribution in [0, 0.1) is 11.6 Å². The van der Waals surface area contributed by atoms with E-state index in [2.05, 4.69) is 5.10 Å². The summed E-state index contributed by atoms with van der Waals surface area (Å²) < 4.78 is 28.3. The molecule has 0 saturated carbocycles. The molecule has 0 aliphatic carbocycles. The molecule has 2 rings (SSSR count). The number of nitrogen functional groups attached to an aromatic ring is 1. The number of benzene rings is 1. The zero-order chi connectivity index (χ0) is 13.4. The van der Waals surface area contributed by atoms with Gasteiger partial charge in [-0.15, -0.1) is 0 Å². The molecule has 0 saturated heterocycles. The number of anilines is 1. The first-order valence-electron chi connectivity index (χ1n) is 5.69. The van der Waals surface area contributed by atoms with Gasteiger partial charge in [-0.25, -0.2) is 8.78 Å². The summed E-state index contributed by atoms with van der Waals surface area (Å²) in [7, 11) is 1.70. The van der Waals surface area contributed by atoms with Crippen molar-refractivity contribution < 1.29 is 8.78 Å². The maximum Gasteiger partial charge on any atom is 0.134 e. The number of hydrogen-bond acceptors (Lipinski definition) is 2. The number of aromatic nitrogens is 2. The lowest BCUT2D eigenvalue weighted by molar-refractivity contribution is 0.585. The van der Waals surface area contributed by atoms with Crippen molar-refractivity contribution in [3.8, 4) is 11.1 Å². The minimum atomic E-state index is -0.628. The lowest BCUT2D eigenvalue weighted by Crippen LogP contribution is -1.98. The van der Waals surface area contributed by atoms with E-state index in [-0.39, 0.29) is 11.5 Å². The summed E-state index contributed by atoms with van der Waals surface area (Å²) in [5.41, 5.74) is 7.46. The van der Waals surface area contributed by atoms with E-state index in [0.29, 0.717) is 17.1 Å². The SMILES string of the molecule is CC(C)c1nn(C)c(N)c1-c1ccc(F)cc1F. The van der Waals surface area contributed by atoms with E-state index in [4.69, 9.17) is 5.73 Å². The molecule has 0 spiro atoms. The molecule has 2 aromatic rings. The Hall–Kier alpha value is -1.91. The molecular weight excluding hydrogens is 236 g/mol. The monoisotopic (exact) mass is 251 g/mol. The predicted octanol–water partition coefficient (Wildman–Crippen LogP) is 3.07. The van der Waals surface area contributed by atoms with Gasteiger partial charge in [0.2, 0.25) is 0 Å². The van der Waals surface area contributed by atoms with Crippen LogP contribution in [0.1, 0.15) is 25.5 Å². The molecular formula is C13H15F2N3. The second-order valence-corrected chi connectivity index (χ2v) is 4.55. The summed E-state index contributed by atoms with van der Waals surface area (Å²) in [6, 6.07) is 3.46. The van der Waals surface area contributed by atoms with Crippen molar-refractivity contribution in [1.82, 2.24) is 9.78 Å². The van der Waals surface area contributed by atoms with Crippen molar-refractivity contribution >= 4 is 5.82 Å². The fourth-order valence-electron chi connectivity index (χ4n) is 1.93. The van der Waals surface area contributed by atoms with Crippen LogP contribution >= 0.6 is 0 Å². The fourth-order valence-corrected chi connectivity index (χ4v) is 1.93. The highest BCUT2D eigenvalue weighted by Gasteiger charge is 2.20. The first-order chi connectivity index (χ1) is 8.41. The molecule has 96 valence electrons. The van der Waals surface area contributed by atoms with E-state index in [1.54, 1.807) is 7.05 Å². The van der Waals surface area contributed by atoms with Crippen molar-refractivity contribution in [2.75, 3.05) is 5.73 Å². The molecule has 0 aliphatic heterocycles. The Morgan fingerprint density at radius 3 is 2.50 bits per heavy atom. The molecule has 3 nitrogen and oxygen atoms in total. The van der Waals surface area contributed by atoms with Gasteiger partial charge < -0.3 is 5.73 Å². The maximum absolute atomic E-state index is 13.8. The van der Waals surface area contributed by atoms with Crippen LogP contribution in [-0.4, -0.2) is 9.78 Å². The average Bonchev–Trinajstić information content (AvgIpc) is 2.57. The van der Waals surface area contributed by atoms with Crippen molar-refractivity contribution in [1.29, 1.82) is 0 Å². The van der Waals surface area contributed by atoms with E-state index in [9.17, 15) is 8.78 Å². The Labute approximate surface area is 104 Å². The third-order valence-corrected chi connectivity index (χ3v) is 2.87. The molecule has 1 heterocycles. The van der Waals surface area contributed by atoms with E-state index in [0.717, 1.165) is 6.07 Å². The van der Waals surface area contributed by atoms with Gasteiger partial charge >= 0.3 is 0 Å². The van der Waals surface area contributed by atoms with Crippen molar-refractivity contribution in [3.05, 3.63) is 35.5 Å². The van der Waals surface area contributed by atoms with Crippen molar-refractivity contribution in [2.24, 2.45) is 7.05 Å². The Kier molecular flexibility index (Phi) is 3.07. The summed E-state index contributed by atoms with van der Waals surface area (Å²) in [5, 5.41) is 4.28. The number of nitrogens with zero attached hydrogens (tertiary/aromatic N) is 2. The molecule has 0 unspecified atom stereocenters. The number of nitrogens with two attached hydrogens (primary N) is 1. The fraction of sp³-hybridized carbons (Fsp3) is 0.308. The molecule has 2 N–H and O–H groups in total. The standard InChI is InChI=1S/C13H15F2N3/c1-7(2)12-11(13(16)18(3)17-12)9-5-4-8(14)6-10(9)15/h4-7H,16H2,1-3H3. The molecule has 1 aromatic carbocycles. The minimum absolute atomic E-state index is 0.105. The zero-order valence-corrected chi connectivity index (χ0v) is 10.5. The van der Waals surface area contributed by atoms with E-state index in [1.165, 1.54) is 16.8 Å². The highest BCUT2D eigenvalue weighted by atomic mass is 19.1. The molecule has 0 bridgehead atoms. The van der Waals surface area contributed by atoms with Gasteiger partial charge in [-0.3, -0.25) is 4.68 Å². The summed E-state index contributed by atoms with van der Waals surface area (Å²) in [5.74, 6) is -0.751. The van der Waals surface area contributed by atoms with E-state index in [1.807, 2.05) is 13.8 Å². The van der Waals surface area contributed by atoms with E-state index >= 15 is 0 Å². The Balaban J connectivity index is 2.70. The topological polar surface area (TPSA) is 43.8 Å². The van der Waals surface area contributed by atoms with Gasteiger partial charge in [0.1, 0.15) is 17.5 Å². The number of halogens is 2. The van der Waals surface area contributed by atoms with Gasteiger partial charge in [0.05, 0.1) is 11.3 Å². The summed E-state index contributed by atoms with van der Waals surface area (Å²) >= 11 is 0. The first kappa shape index (κ1) is 12.5. The summed E-state index contributed by atoms with van der Waals surface area (Å²) in [6.07, 6.45) is 0. The third-order valence-electron chi connectivity index (χ3n) is 2.87. The lowest BCUT2D eigenvalue weighted by atomic mass is 9.99. The highest BCUT2D eigenvalue weighted by molar-refractivity contribution is 5.77. The average molecular weight is 251 g/mol. The van der Waals surface area contributed by atoms with E-state index < -0.39 is 11.6 Å². The summed E-state index contributed by atoms with van der Waals surface area (Å²) in [6.45, 7) is 3.90. The molecule has 5 heteroatoms. The zero-order valence-electron chi connectivity index (χ0n) is 10.5. The quantitative estimate of drug-likeness (QED) is 0.891. The smallest absolute Gasteiger partial charge is 0.134 e. The number of aryl methyl sites for hydroxylation is 1. The van der Waals surface area contributed by atoms with Crippen LogP contribution in [-0.2, 0) is 7.05 Å². The minimum Gasteiger partial charge on any atom is -0.383 e. The molecule has 18 heavy (non-hydrogen) atoms. The van der Waals surface area contributed by atoms with Crippen molar-refractivity contribution in [2.45, 2.75) is 19.8 Å². The normalized spacial score (nSPS) is 11.2.